The molecule has 0 bridgehead atoms. The first kappa shape index (κ1) is 23.0. The number of carbonyl (C=O) groups is 1. The quantitative estimate of drug-likeness (QED) is 0.406. The summed E-state index contributed by atoms with van der Waals surface area (Å²) in [4.78, 5) is 24.6. The first-order valence-corrected chi connectivity index (χ1v) is 11.6. The minimum absolute atomic E-state index is 0.342. The first-order chi connectivity index (χ1) is 15.0. The van der Waals surface area contributed by atoms with E-state index in [1.807, 2.05) is 24.3 Å². The maximum absolute atomic E-state index is 12.8. The average molecular weight is 423 g/mol. The highest BCUT2D eigenvalue weighted by atomic mass is 16.5. The lowest BCUT2D eigenvalue weighted by Crippen LogP contribution is -2.40. The Labute approximate surface area is 185 Å². The molecule has 0 aliphatic carbocycles. The number of ether oxygens (including phenoxy) is 1. The molecule has 1 aromatic heterocycles. The predicted molar refractivity (Wildman–Crippen MR) is 123 cm³/mol. The van der Waals surface area contributed by atoms with Gasteiger partial charge in [0.15, 0.2) is 11.7 Å². The van der Waals surface area contributed by atoms with Gasteiger partial charge < -0.3 is 9.64 Å². The van der Waals surface area contributed by atoms with E-state index in [0.29, 0.717) is 35.5 Å². The van der Waals surface area contributed by atoms with Gasteiger partial charge in [0.2, 0.25) is 0 Å². The molecule has 3 atom stereocenters. The molecule has 0 N–H and O–H groups in total. The van der Waals surface area contributed by atoms with E-state index in [0.717, 1.165) is 44.3 Å². The third-order valence-corrected chi connectivity index (χ3v) is 5.88. The Balaban J connectivity index is 1.85. The smallest absolute Gasteiger partial charge is 0.329 e. The van der Waals surface area contributed by atoms with Crippen LogP contribution in [0.3, 0.4) is 0 Å². The van der Waals surface area contributed by atoms with Crippen LogP contribution in [0.25, 0.3) is 11.0 Å². The molecule has 0 amide bonds. The van der Waals surface area contributed by atoms with E-state index in [1.165, 1.54) is 12.8 Å². The van der Waals surface area contributed by atoms with Crippen LogP contribution in [0.2, 0.25) is 0 Å². The number of nitriles is 1. The van der Waals surface area contributed by atoms with E-state index in [2.05, 4.69) is 31.7 Å². The summed E-state index contributed by atoms with van der Waals surface area (Å²) in [6, 6.07) is 9.74. The fourth-order valence-electron chi connectivity index (χ4n) is 4.45. The second-order valence-corrected chi connectivity index (χ2v) is 8.92. The maximum atomic E-state index is 12.8. The van der Waals surface area contributed by atoms with Gasteiger partial charge in [-0.25, -0.2) is 9.97 Å². The lowest BCUT2D eigenvalue weighted by atomic mass is 9.91. The molecule has 0 radical (unpaired) electrons. The number of para-hydroxylation sites is 2. The number of anilines is 1. The van der Waals surface area contributed by atoms with E-state index in [9.17, 15) is 10.1 Å². The van der Waals surface area contributed by atoms with Gasteiger partial charge in [0.25, 0.3) is 0 Å². The zero-order chi connectivity index (χ0) is 22.2. The number of aromatic nitrogens is 2. The second-order valence-electron chi connectivity index (χ2n) is 8.92. The van der Waals surface area contributed by atoms with Crippen molar-refractivity contribution in [3.8, 4) is 6.07 Å². The largest absolute Gasteiger partial charge is 0.464 e. The molecule has 31 heavy (non-hydrogen) atoms. The van der Waals surface area contributed by atoms with Gasteiger partial charge in [0.05, 0.1) is 23.7 Å². The zero-order valence-electron chi connectivity index (χ0n) is 19.0. The van der Waals surface area contributed by atoms with E-state index >= 15 is 0 Å². The minimum Gasteiger partial charge on any atom is -0.464 e. The molecule has 2 aromatic rings. The third kappa shape index (κ3) is 5.94. The molecule has 166 valence electrons. The molecular weight excluding hydrogens is 388 g/mol. The molecule has 1 aromatic carbocycles. The van der Waals surface area contributed by atoms with Crippen LogP contribution in [0, 0.1) is 23.2 Å². The molecule has 0 unspecified atom stereocenters. The van der Waals surface area contributed by atoms with Gasteiger partial charge >= 0.3 is 5.97 Å². The van der Waals surface area contributed by atoms with Gasteiger partial charge in [-0.05, 0) is 36.8 Å². The van der Waals surface area contributed by atoms with Crippen molar-refractivity contribution in [1.82, 2.24) is 9.97 Å². The van der Waals surface area contributed by atoms with E-state index in [-0.39, 0.29) is 0 Å². The van der Waals surface area contributed by atoms with Crippen LogP contribution < -0.4 is 4.90 Å². The Kier molecular flexibility index (Phi) is 8.22. The summed E-state index contributed by atoms with van der Waals surface area (Å²) in [7, 11) is 0. The fourth-order valence-corrected chi connectivity index (χ4v) is 4.45. The predicted octanol–water partition coefficient (Wildman–Crippen LogP) is 5.23. The molecule has 3 rings (SSSR count). The van der Waals surface area contributed by atoms with E-state index in [4.69, 9.17) is 14.7 Å². The summed E-state index contributed by atoms with van der Waals surface area (Å²) in [6.07, 6.45) is 6.52. The lowest BCUT2D eigenvalue weighted by molar-refractivity contribution is -0.144. The summed E-state index contributed by atoms with van der Waals surface area (Å²) < 4.78 is 5.48. The monoisotopic (exact) mass is 422 g/mol. The first-order valence-electron chi connectivity index (χ1n) is 11.6. The van der Waals surface area contributed by atoms with Crippen LogP contribution in [0.15, 0.2) is 24.3 Å². The van der Waals surface area contributed by atoms with Crippen LogP contribution >= 0.6 is 0 Å². The Hall–Kier alpha value is -2.68. The Morgan fingerprint density at radius 1 is 1.13 bits per heavy atom. The Morgan fingerprint density at radius 2 is 1.77 bits per heavy atom. The van der Waals surface area contributed by atoms with Crippen molar-refractivity contribution in [3.05, 3.63) is 30.0 Å². The summed E-state index contributed by atoms with van der Waals surface area (Å²) >= 11 is 0. The van der Waals surface area contributed by atoms with Gasteiger partial charge in [-0.1, -0.05) is 58.6 Å². The Bertz CT molecular complexity index is 913. The Morgan fingerprint density at radius 3 is 2.42 bits per heavy atom. The third-order valence-electron chi connectivity index (χ3n) is 5.88. The van der Waals surface area contributed by atoms with Crippen LogP contribution in [0.5, 0.6) is 0 Å². The molecule has 0 spiro atoms. The number of carbonyl (C=O) groups excluding carboxylic acids is 1. The van der Waals surface area contributed by atoms with Crippen LogP contribution in [0.1, 0.15) is 70.9 Å². The number of fused-ring (bicyclic) bond motifs is 1. The minimum atomic E-state index is -1.07. The average Bonchev–Trinajstić information content (AvgIpc) is 2.75. The van der Waals surface area contributed by atoms with E-state index in [1.54, 1.807) is 0 Å². The highest BCUT2D eigenvalue weighted by Gasteiger charge is 2.32. The van der Waals surface area contributed by atoms with Crippen molar-refractivity contribution < 1.29 is 9.53 Å². The molecule has 6 nitrogen and oxygen atoms in total. The lowest BCUT2D eigenvalue weighted by Gasteiger charge is -2.36. The number of esters is 1. The van der Waals surface area contributed by atoms with Gasteiger partial charge in [-0.2, -0.15) is 5.26 Å². The number of piperidine rings is 1. The number of hydrogen-bond acceptors (Lipinski definition) is 6. The van der Waals surface area contributed by atoms with Crippen molar-refractivity contribution in [2.75, 3.05) is 24.6 Å². The highest BCUT2D eigenvalue weighted by Crippen LogP contribution is 2.32. The van der Waals surface area contributed by atoms with Crippen molar-refractivity contribution in [1.29, 1.82) is 5.26 Å². The number of nitrogens with zero attached hydrogens (tertiary/aromatic N) is 4. The van der Waals surface area contributed by atoms with Crippen LogP contribution in [0.4, 0.5) is 5.82 Å². The summed E-state index contributed by atoms with van der Waals surface area (Å²) in [5, 5.41) is 9.88. The van der Waals surface area contributed by atoms with Crippen LogP contribution in [-0.2, 0) is 9.53 Å². The molecule has 1 fully saturated rings. The standard InChI is InChI=1S/C25H34N4O2/c1-4-5-6-7-10-13-31-25(30)20(15-26)23-24(29-16-18(2)14-19(3)17-29)28-22-12-9-8-11-21(22)27-23/h8-9,11-12,18-20H,4-7,10,13-14,16-17H2,1-3H3/t18-,19+,20-/m0/s1. The van der Waals surface area contributed by atoms with Gasteiger partial charge in [-0.3, -0.25) is 4.79 Å². The summed E-state index contributed by atoms with van der Waals surface area (Å²) in [5.41, 5.74) is 1.87. The van der Waals surface area contributed by atoms with Gasteiger partial charge in [0, 0.05) is 13.1 Å². The SMILES string of the molecule is CCCCCCCOC(=O)[C@@H](C#N)c1nc2ccccc2nc1N1C[C@H](C)C[C@H](C)C1. The zero-order valence-corrected chi connectivity index (χ0v) is 19.0. The van der Waals surface area contributed by atoms with Crippen molar-refractivity contribution in [2.24, 2.45) is 11.8 Å². The summed E-state index contributed by atoms with van der Waals surface area (Å²) in [5.74, 6) is 0.0710. The van der Waals surface area contributed by atoms with Gasteiger partial charge in [-0.15, -0.1) is 0 Å². The maximum Gasteiger partial charge on any atom is 0.329 e. The summed E-state index contributed by atoms with van der Waals surface area (Å²) in [6.45, 7) is 8.65. The number of hydrogen-bond donors (Lipinski definition) is 0. The van der Waals surface area contributed by atoms with Crippen molar-refractivity contribution in [2.45, 2.75) is 65.2 Å². The highest BCUT2D eigenvalue weighted by molar-refractivity contribution is 5.85. The second kappa shape index (κ2) is 11.1. The molecule has 0 saturated carbocycles. The topological polar surface area (TPSA) is 79.1 Å². The number of benzene rings is 1. The molecule has 6 heteroatoms. The number of unbranched alkanes of at least 4 members (excludes halogenated alkanes) is 4. The van der Waals surface area contributed by atoms with Crippen molar-refractivity contribution >= 4 is 22.8 Å². The normalized spacial score (nSPS) is 19.7. The van der Waals surface area contributed by atoms with Gasteiger partial charge in [0.1, 0.15) is 5.69 Å². The molecule has 1 saturated heterocycles. The number of rotatable bonds is 9. The molecule has 1 aliphatic rings. The fraction of sp³-hybridized carbons (Fsp3) is 0.600. The van der Waals surface area contributed by atoms with E-state index < -0.39 is 11.9 Å². The van der Waals surface area contributed by atoms with Crippen LogP contribution in [-0.4, -0.2) is 35.6 Å². The molecule has 2 heterocycles. The molecular formula is C25H34N4O2. The molecule has 1 aliphatic heterocycles. The van der Waals surface area contributed by atoms with Crippen molar-refractivity contribution in [3.63, 3.8) is 0 Å².